The average molecular weight is 246 g/mol. The van der Waals surface area contributed by atoms with Gasteiger partial charge in [-0.15, -0.1) is 0 Å². The SMILES string of the molecule is CCN(Cc1ccccn1)C(=O)C1=CCCCO1. The number of rotatable bonds is 4. The minimum Gasteiger partial charge on any atom is -0.488 e. The monoisotopic (exact) mass is 246 g/mol. The summed E-state index contributed by atoms with van der Waals surface area (Å²) >= 11 is 0. The van der Waals surface area contributed by atoms with E-state index in [9.17, 15) is 4.79 Å². The van der Waals surface area contributed by atoms with E-state index in [0.717, 1.165) is 18.5 Å². The van der Waals surface area contributed by atoms with Crippen LogP contribution in [0.25, 0.3) is 0 Å². The minimum atomic E-state index is -0.0390. The number of nitrogens with zero attached hydrogens (tertiary/aromatic N) is 2. The van der Waals surface area contributed by atoms with E-state index in [1.165, 1.54) is 0 Å². The summed E-state index contributed by atoms with van der Waals surface area (Å²) in [6.07, 6.45) is 5.53. The van der Waals surface area contributed by atoms with Gasteiger partial charge in [0.1, 0.15) is 0 Å². The molecule has 96 valence electrons. The summed E-state index contributed by atoms with van der Waals surface area (Å²) in [7, 11) is 0. The minimum absolute atomic E-state index is 0.0390. The molecule has 1 aliphatic heterocycles. The maximum Gasteiger partial charge on any atom is 0.288 e. The molecule has 4 nitrogen and oxygen atoms in total. The molecule has 2 heterocycles. The largest absolute Gasteiger partial charge is 0.488 e. The third-order valence-electron chi connectivity index (χ3n) is 2.89. The zero-order valence-corrected chi connectivity index (χ0v) is 10.6. The van der Waals surface area contributed by atoms with E-state index in [1.54, 1.807) is 11.1 Å². The first kappa shape index (κ1) is 12.6. The van der Waals surface area contributed by atoms with Crippen molar-refractivity contribution in [2.45, 2.75) is 26.3 Å². The molecule has 1 aromatic rings. The lowest BCUT2D eigenvalue weighted by atomic mass is 10.2. The molecule has 4 heteroatoms. The van der Waals surface area contributed by atoms with Crippen LogP contribution in [0.3, 0.4) is 0 Å². The molecule has 0 atom stereocenters. The molecule has 0 unspecified atom stereocenters. The number of carbonyl (C=O) groups is 1. The van der Waals surface area contributed by atoms with Gasteiger partial charge in [0.15, 0.2) is 5.76 Å². The van der Waals surface area contributed by atoms with Gasteiger partial charge in [-0.25, -0.2) is 0 Å². The van der Waals surface area contributed by atoms with Gasteiger partial charge in [0.2, 0.25) is 0 Å². The third kappa shape index (κ3) is 3.09. The van der Waals surface area contributed by atoms with Gasteiger partial charge in [-0.1, -0.05) is 6.07 Å². The van der Waals surface area contributed by atoms with Crippen molar-refractivity contribution in [3.8, 4) is 0 Å². The van der Waals surface area contributed by atoms with E-state index in [-0.39, 0.29) is 5.91 Å². The second-order valence-electron chi connectivity index (χ2n) is 4.20. The van der Waals surface area contributed by atoms with Crippen molar-refractivity contribution in [3.05, 3.63) is 41.9 Å². The van der Waals surface area contributed by atoms with Crippen molar-refractivity contribution >= 4 is 5.91 Å². The average Bonchev–Trinajstić information content (AvgIpc) is 2.46. The van der Waals surface area contributed by atoms with Crippen molar-refractivity contribution in [2.75, 3.05) is 13.2 Å². The first-order valence-corrected chi connectivity index (χ1v) is 6.33. The van der Waals surface area contributed by atoms with Crippen LogP contribution in [0.15, 0.2) is 36.2 Å². The van der Waals surface area contributed by atoms with Gasteiger partial charge in [-0.3, -0.25) is 9.78 Å². The second kappa shape index (κ2) is 6.19. The molecule has 0 saturated carbocycles. The molecule has 0 saturated heterocycles. The lowest BCUT2D eigenvalue weighted by Crippen LogP contribution is -2.33. The Hall–Kier alpha value is -1.84. The topological polar surface area (TPSA) is 42.4 Å². The Balaban J connectivity index is 2.04. The van der Waals surface area contributed by atoms with Crippen molar-refractivity contribution in [3.63, 3.8) is 0 Å². The van der Waals surface area contributed by atoms with Crippen LogP contribution in [-0.4, -0.2) is 28.9 Å². The molecule has 0 N–H and O–H groups in total. The summed E-state index contributed by atoms with van der Waals surface area (Å²) in [4.78, 5) is 18.2. The molecule has 0 spiro atoms. The molecule has 0 aliphatic carbocycles. The zero-order valence-electron chi connectivity index (χ0n) is 10.6. The molecule has 1 amide bonds. The maximum absolute atomic E-state index is 12.2. The summed E-state index contributed by atoms with van der Waals surface area (Å²) in [5.74, 6) is 0.446. The maximum atomic E-state index is 12.2. The fourth-order valence-electron chi connectivity index (χ4n) is 1.88. The van der Waals surface area contributed by atoms with Crippen LogP contribution < -0.4 is 0 Å². The fourth-order valence-corrected chi connectivity index (χ4v) is 1.88. The van der Waals surface area contributed by atoms with Crippen molar-refractivity contribution in [1.82, 2.24) is 9.88 Å². The fraction of sp³-hybridized carbons (Fsp3) is 0.429. The predicted molar refractivity (Wildman–Crippen MR) is 68.6 cm³/mol. The van der Waals surface area contributed by atoms with Crippen LogP contribution in [0.2, 0.25) is 0 Å². The molecular weight excluding hydrogens is 228 g/mol. The number of amides is 1. The zero-order chi connectivity index (χ0) is 12.8. The van der Waals surface area contributed by atoms with E-state index in [1.807, 2.05) is 31.2 Å². The standard InChI is InChI=1S/C14H18N2O2/c1-2-16(11-12-7-3-5-9-15-12)14(17)13-8-4-6-10-18-13/h3,5,7-9H,2,4,6,10-11H2,1H3. The van der Waals surface area contributed by atoms with E-state index >= 15 is 0 Å². The summed E-state index contributed by atoms with van der Waals surface area (Å²) in [6.45, 7) is 3.77. The number of hydrogen-bond acceptors (Lipinski definition) is 3. The van der Waals surface area contributed by atoms with E-state index in [0.29, 0.717) is 25.5 Å². The number of carbonyl (C=O) groups excluding carboxylic acids is 1. The van der Waals surface area contributed by atoms with Gasteiger partial charge in [-0.05, 0) is 38.0 Å². The first-order valence-electron chi connectivity index (χ1n) is 6.33. The van der Waals surface area contributed by atoms with Crippen molar-refractivity contribution in [1.29, 1.82) is 0 Å². The summed E-state index contributed by atoms with van der Waals surface area (Å²) in [6, 6.07) is 5.72. The number of allylic oxidation sites excluding steroid dienone is 1. The Morgan fingerprint density at radius 1 is 1.50 bits per heavy atom. The van der Waals surface area contributed by atoms with Gasteiger partial charge in [0.05, 0.1) is 18.8 Å². The third-order valence-corrected chi connectivity index (χ3v) is 2.89. The molecule has 18 heavy (non-hydrogen) atoms. The van der Waals surface area contributed by atoms with Gasteiger partial charge < -0.3 is 9.64 Å². The van der Waals surface area contributed by atoms with Crippen molar-refractivity contribution < 1.29 is 9.53 Å². The molecule has 0 fully saturated rings. The molecule has 0 aromatic carbocycles. The summed E-state index contributed by atoms with van der Waals surface area (Å²) < 4.78 is 5.41. The Labute approximate surface area is 107 Å². The number of aromatic nitrogens is 1. The quantitative estimate of drug-likeness (QED) is 0.817. The van der Waals surface area contributed by atoms with Crippen LogP contribution >= 0.6 is 0 Å². The number of pyridine rings is 1. The van der Waals surface area contributed by atoms with Gasteiger partial charge in [0.25, 0.3) is 5.91 Å². The lowest BCUT2D eigenvalue weighted by molar-refractivity contribution is -0.131. The smallest absolute Gasteiger partial charge is 0.288 e. The molecule has 1 aromatic heterocycles. The molecule has 2 rings (SSSR count). The Kier molecular flexibility index (Phi) is 4.34. The highest BCUT2D eigenvalue weighted by Crippen LogP contribution is 2.14. The number of likely N-dealkylation sites (N-methyl/N-ethyl adjacent to an activating group) is 1. The van der Waals surface area contributed by atoms with Crippen LogP contribution in [0.1, 0.15) is 25.5 Å². The number of ether oxygens (including phenoxy) is 1. The first-order chi connectivity index (χ1) is 8.81. The lowest BCUT2D eigenvalue weighted by Gasteiger charge is -2.23. The summed E-state index contributed by atoms with van der Waals surface area (Å²) in [5.41, 5.74) is 0.893. The van der Waals surface area contributed by atoms with Gasteiger partial charge >= 0.3 is 0 Å². The molecule has 1 aliphatic rings. The van der Waals surface area contributed by atoms with Crippen molar-refractivity contribution in [2.24, 2.45) is 0 Å². The van der Waals surface area contributed by atoms with Gasteiger partial charge in [-0.2, -0.15) is 0 Å². The van der Waals surface area contributed by atoms with E-state index in [2.05, 4.69) is 4.98 Å². The van der Waals surface area contributed by atoms with Crippen LogP contribution in [0, 0.1) is 0 Å². The second-order valence-corrected chi connectivity index (χ2v) is 4.20. The number of hydrogen-bond donors (Lipinski definition) is 0. The summed E-state index contributed by atoms with van der Waals surface area (Å²) in [5, 5.41) is 0. The Morgan fingerprint density at radius 3 is 3.00 bits per heavy atom. The Morgan fingerprint density at radius 2 is 2.39 bits per heavy atom. The van der Waals surface area contributed by atoms with E-state index in [4.69, 9.17) is 4.74 Å². The van der Waals surface area contributed by atoms with Crippen LogP contribution in [0.5, 0.6) is 0 Å². The highest BCUT2D eigenvalue weighted by molar-refractivity contribution is 5.91. The normalized spacial score (nSPS) is 14.6. The van der Waals surface area contributed by atoms with Crippen LogP contribution in [-0.2, 0) is 16.1 Å². The molecule has 0 radical (unpaired) electrons. The predicted octanol–water partition coefficient (Wildman–Crippen LogP) is 2.12. The molecule has 0 bridgehead atoms. The van der Waals surface area contributed by atoms with Gasteiger partial charge in [0, 0.05) is 12.7 Å². The highest BCUT2D eigenvalue weighted by atomic mass is 16.5. The highest BCUT2D eigenvalue weighted by Gasteiger charge is 2.20. The molecular formula is C14H18N2O2. The van der Waals surface area contributed by atoms with Crippen LogP contribution in [0.4, 0.5) is 0 Å². The van der Waals surface area contributed by atoms with E-state index < -0.39 is 0 Å². The Bertz CT molecular complexity index is 429.